The second kappa shape index (κ2) is 10.7. The highest BCUT2D eigenvalue weighted by Gasteiger charge is 2.29. The zero-order valence-corrected chi connectivity index (χ0v) is 26.8. The Hall–Kier alpha value is -5.24. The summed E-state index contributed by atoms with van der Waals surface area (Å²) >= 11 is 0. The molecule has 0 saturated heterocycles. The van der Waals surface area contributed by atoms with Crippen molar-refractivity contribution in [3.63, 3.8) is 0 Å². The van der Waals surface area contributed by atoms with Crippen molar-refractivity contribution in [2.75, 3.05) is 16.8 Å². The Morgan fingerprint density at radius 1 is 1.07 bits per heavy atom. The first-order chi connectivity index (χ1) is 21.9. The number of nitrogens with zero attached hydrogens (tertiary/aromatic N) is 6. The Bertz CT molecular complexity index is 2260. The van der Waals surface area contributed by atoms with Crippen molar-refractivity contribution in [2.45, 2.75) is 63.2 Å². The summed E-state index contributed by atoms with van der Waals surface area (Å²) in [5, 5.41) is 8.41. The quantitative estimate of drug-likeness (QED) is 0.233. The number of aryl methyl sites for hydroxylation is 2. The molecule has 0 unspecified atom stereocenters. The SMILES string of the molecule is Cc1cccc(S(=O)(=O)c2nc3c([nH]2)CN(c2nc(Nc4ccc5c(C)nn(C(=O)OC(C)(C)C)c5c4)nc4ccoc24)CC3)c1. The van der Waals surface area contributed by atoms with Crippen molar-refractivity contribution >= 4 is 55.4 Å². The third-order valence-electron chi connectivity index (χ3n) is 7.64. The standard InChI is InChI=1S/C32H32N8O5S/c1-18-7-6-8-21(15-18)46(42,43)30-35-23-11-13-39(17-25(23)36-30)28-27-24(12-14-44-27)34-29(37-28)33-20-9-10-22-19(2)38-40(26(22)16-20)31(41)45-32(3,4)5/h6-10,12,14-16H,11,13,17H2,1-5H3,(H,35,36)(H,33,34,37). The second-order valence-corrected chi connectivity index (χ2v) is 14.2. The van der Waals surface area contributed by atoms with Crippen LogP contribution >= 0.6 is 0 Å². The van der Waals surface area contributed by atoms with E-state index >= 15 is 0 Å². The Kier molecular flexibility index (Phi) is 6.85. The summed E-state index contributed by atoms with van der Waals surface area (Å²) in [5.74, 6) is 0.873. The summed E-state index contributed by atoms with van der Waals surface area (Å²) in [6, 6.07) is 14.1. The van der Waals surface area contributed by atoms with E-state index in [2.05, 4.69) is 25.4 Å². The highest BCUT2D eigenvalue weighted by molar-refractivity contribution is 7.91. The van der Waals surface area contributed by atoms with Gasteiger partial charge in [-0.15, -0.1) is 0 Å². The van der Waals surface area contributed by atoms with E-state index in [-0.39, 0.29) is 10.1 Å². The van der Waals surface area contributed by atoms with Gasteiger partial charge in [0.05, 0.1) is 40.3 Å². The number of anilines is 3. The molecule has 46 heavy (non-hydrogen) atoms. The smallest absolute Gasteiger partial charge is 0.435 e. The lowest BCUT2D eigenvalue weighted by atomic mass is 10.1. The van der Waals surface area contributed by atoms with Gasteiger partial charge in [-0.25, -0.2) is 23.2 Å². The number of carbonyl (C=O) groups is 1. The maximum atomic E-state index is 13.3. The number of hydrogen-bond donors (Lipinski definition) is 2. The molecule has 0 aliphatic carbocycles. The van der Waals surface area contributed by atoms with Gasteiger partial charge in [-0.2, -0.15) is 14.8 Å². The molecule has 0 atom stereocenters. The molecule has 1 aliphatic heterocycles. The average molecular weight is 641 g/mol. The predicted molar refractivity (Wildman–Crippen MR) is 171 cm³/mol. The van der Waals surface area contributed by atoms with Gasteiger partial charge in [0.25, 0.3) is 0 Å². The molecule has 2 aromatic carbocycles. The maximum Gasteiger partial charge on any atom is 0.435 e. The molecule has 1 aliphatic rings. The van der Waals surface area contributed by atoms with Gasteiger partial charge in [0.15, 0.2) is 11.4 Å². The number of aromatic amines is 1. The Balaban J connectivity index is 1.19. The Labute approximate surface area is 264 Å². The van der Waals surface area contributed by atoms with Crippen molar-refractivity contribution in [3.05, 3.63) is 77.4 Å². The second-order valence-electron chi connectivity index (χ2n) is 12.3. The number of rotatable bonds is 5. The molecule has 0 bridgehead atoms. The molecule has 7 rings (SSSR count). The number of nitrogens with one attached hydrogen (secondary N) is 2. The van der Waals surface area contributed by atoms with Crippen LogP contribution in [0.25, 0.3) is 22.0 Å². The lowest BCUT2D eigenvalue weighted by Gasteiger charge is -2.27. The van der Waals surface area contributed by atoms with Crippen molar-refractivity contribution in [1.82, 2.24) is 29.7 Å². The Morgan fingerprint density at radius 3 is 2.67 bits per heavy atom. The molecule has 0 fully saturated rings. The Morgan fingerprint density at radius 2 is 1.89 bits per heavy atom. The van der Waals surface area contributed by atoms with Crippen molar-refractivity contribution in [1.29, 1.82) is 0 Å². The molecular weight excluding hydrogens is 608 g/mol. The number of furan rings is 1. The van der Waals surface area contributed by atoms with E-state index in [4.69, 9.17) is 14.1 Å². The van der Waals surface area contributed by atoms with E-state index in [0.717, 1.165) is 10.9 Å². The van der Waals surface area contributed by atoms with Gasteiger partial charge in [-0.3, -0.25) is 0 Å². The number of benzene rings is 2. The molecule has 4 aromatic heterocycles. The van der Waals surface area contributed by atoms with Crippen LogP contribution in [0, 0.1) is 13.8 Å². The van der Waals surface area contributed by atoms with E-state index in [0.29, 0.717) is 70.7 Å². The minimum Gasteiger partial charge on any atom is -0.459 e. The van der Waals surface area contributed by atoms with E-state index in [1.54, 1.807) is 57.4 Å². The number of H-pyrrole nitrogens is 1. The van der Waals surface area contributed by atoms with Gasteiger partial charge >= 0.3 is 6.09 Å². The summed E-state index contributed by atoms with van der Waals surface area (Å²) in [5.41, 5.74) is 4.61. The van der Waals surface area contributed by atoms with Crippen molar-refractivity contribution in [3.8, 4) is 0 Å². The number of carbonyl (C=O) groups excluding carboxylic acids is 1. The molecule has 14 heteroatoms. The number of imidazole rings is 1. The number of aromatic nitrogens is 6. The summed E-state index contributed by atoms with van der Waals surface area (Å²) in [7, 11) is -3.81. The van der Waals surface area contributed by atoms with Crippen LogP contribution in [0.15, 0.2) is 69.3 Å². The topological polar surface area (TPSA) is 161 Å². The normalized spacial score (nSPS) is 13.7. The molecule has 2 N–H and O–H groups in total. The molecule has 5 heterocycles. The predicted octanol–water partition coefficient (Wildman–Crippen LogP) is 5.83. The van der Waals surface area contributed by atoms with Crippen LogP contribution < -0.4 is 10.2 Å². The highest BCUT2D eigenvalue weighted by Crippen LogP contribution is 2.32. The van der Waals surface area contributed by atoms with Gasteiger partial charge < -0.3 is 24.4 Å². The largest absolute Gasteiger partial charge is 0.459 e. The molecule has 0 amide bonds. The number of fused-ring (bicyclic) bond motifs is 3. The third kappa shape index (κ3) is 5.34. The van der Waals surface area contributed by atoms with Crippen LogP contribution in [0.2, 0.25) is 0 Å². The van der Waals surface area contributed by atoms with Crippen LogP contribution in [-0.4, -0.2) is 56.4 Å². The zero-order chi connectivity index (χ0) is 32.4. The monoisotopic (exact) mass is 640 g/mol. The van der Waals surface area contributed by atoms with Crippen molar-refractivity contribution < 1.29 is 22.4 Å². The first-order valence-corrected chi connectivity index (χ1v) is 16.2. The molecule has 236 valence electrons. The lowest BCUT2D eigenvalue weighted by Crippen LogP contribution is -2.31. The van der Waals surface area contributed by atoms with Crippen molar-refractivity contribution in [2.24, 2.45) is 0 Å². The van der Waals surface area contributed by atoms with E-state index in [9.17, 15) is 13.2 Å². The van der Waals surface area contributed by atoms with Gasteiger partial charge in [0.2, 0.25) is 20.9 Å². The summed E-state index contributed by atoms with van der Waals surface area (Å²) < 4.78 is 39.3. The van der Waals surface area contributed by atoms with Crippen LogP contribution in [0.4, 0.5) is 22.2 Å². The van der Waals surface area contributed by atoms with Gasteiger partial charge in [-0.1, -0.05) is 12.1 Å². The molecule has 0 spiro atoms. The summed E-state index contributed by atoms with van der Waals surface area (Å²) in [4.78, 5) is 32.1. The lowest BCUT2D eigenvalue weighted by molar-refractivity contribution is 0.0522. The van der Waals surface area contributed by atoms with E-state index in [1.165, 1.54) is 4.68 Å². The van der Waals surface area contributed by atoms with Crippen LogP contribution in [-0.2, 0) is 27.5 Å². The van der Waals surface area contributed by atoms with Crippen LogP contribution in [0.3, 0.4) is 0 Å². The van der Waals surface area contributed by atoms with Gasteiger partial charge in [0.1, 0.15) is 11.1 Å². The zero-order valence-electron chi connectivity index (χ0n) is 26.0. The molecule has 13 nitrogen and oxygen atoms in total. The molecule has 0 saturated carbocycles. The van der Waals surface area contributed by atoms with Gasteiger partial charge in [0, 0.05) is 30.1 Å². The summed E-state index contributed by atoms with van der Waals surface area (Å²) in [6.07, 6.45) is 1.49. The minimum absolute atomic E-state index is 0.0746. The van der Waals surface area contributed by atoms with Gasteiger partial charge in [-0.05, 0) is 70.5 Å². The van der Waals surface area contributed by atoms with Crippen LogP contribution in [0.5, 0.6) is 0 Å². The third-order valence-corrected chi connectivity index (χ3v) is 9.22. The van der Waals surface area contributed by atoms with E-state index < -0.39 is 21.5 Å². The number of hydrogen-bond acceptors (Lipinski definition) is 11. The van der Waals surface area contributed by atoms with E-state index in [1.807, 2.05) is 36.9 Å². The number of sulfone groups is 1. The van der Waals surface area contributed by atoms with Crippen LogP contribution in [0.1, 0.15) is 43.4 Å². The summed E-state index contributed by atoms with van der Waals surface area (Å²) in [6.45, 7) is 9.98. The molecule has 6 aromatic rings. The first kappa shape index (κ1) is 29.5. The minimum atomic E-state index is -3.81. The average Bonchev–Trinajstić information content (AvgIpc) is 3.73. The first-order valence-electron chi connectivity index (χ1n) is 14.8. The fourth-order valence-corrected chi connectivity index (χ4v) is 6.82. The highest BCUT2D eigenvalue weighted by atomic mass is 32.2. The molecular formula is C32H32N8O5S. The number of ether oxygens (including phenoxy) is 1. The fourth-order valence-electron chi connectivity index (χ4n) is 5.51. The molecule has 0 radical (unpaired) electrons. The maximum absolute atomic E-state index is 13.3. The fraction of sp³-hybridized carbons (Fsp3) is 0.281.